The number of furan rings is 1. The lowest BCUT2D eigenvalue weighted by atomic mass is 10.1. The van der Waals surface area contributed by atoms with E-state index in [1.54, 1.807) is 10.6 Å². The molecule has 5 aromatic rings. The fourth-order valence-electron chi connectivity index (χ4n) is 5.27. The predicted molar refractivity (Wildman–Crippen MR) is 144 cm³/mol. The first-order valence-corrected chi connectivity index (χ1v) is 13.0. The monoisotopic (exact) mass is 528 g/mol. The summed E-state index contributed by atoms with van der Waals surface area (Å²) in [6, 6.07) is 15.3. The van der Waals surface area contributed by atoms with Gasteiger partial charge in [0, 0.05) is 30.1 Å². The molecule has 39 heavy (non-hydrogen) atoms. The summed E-state index contributed by atoms with van der Waals surface area (Å²) in [4.78, 5) is 11.1. The Hall–Kier alpha value is -4.19. The predicted octanol–water partition coefficient (Wildman–Crippen LogP) is 2.88. The van der Waals surface area contributed by atoms with Gasteiger partial charge < -0.3 is 34.7 Å². The fraction of sp³-hybridized carbons (Fsp3) is 0.321. The number of ether oxygens (including phenoxy) is 2. The third-order valence-corrected chi connectivity index (χ3v) is 7.51. The van der Waals surface area contributed by atoms with Crippen LogP contribution >= 0.6 is 0 Å². The van der Waals surface area contributed by atoms with Crippen molar-refractivity contribution in [1.82, 2.24) is 19.6 Å². The Morgan fingerprint density at radius 1 is 1.08 bits per heavy atom. The number of anilines is 2. The Morgan fingerprint density at radius 2 is 1.92 bits per heavy atom. The molecule has 11 heteroatoms. The number of nitrogens with two attached hydrogens (primary N) is 1. The lowest BCUT2D eigenvalue weighted by molar-refractivity contribution is -0.0187. The lowest BCUT2D eigenvalue weighted by Gasteiger charge is -2.32. The van der Waals surface area contributed by atoms with Gasteiger partial charge in [0.1, 0.15) is 66.0 Å². The van der Waals surface area contributed by atoms with Crippen LogP contribution in [0, 0.1) is 6.92 Å². The van der Waals surface area contributed by atoms with Crippen molar-refractivity contribution >= 4 is 28.1 Å². The second kappa shape index (κ2) is 9.23. The van der Waals surface area contributed by atoms with Crippen LogP contribution in [0.4, 0.5) is 11.6 Å². The zero-order chi connectivity index (χ0) is 26.7. The molecule has 200 valence electrons. The summed E-state index contributed by atoms with van der Waals surface area (Å²) in [7, 11) is 0. The van der Waals surface area contributed by atoms with Gasteiger partial charge in [0.2, 0.25) is 0 Å². The molecule has 2 aliphatic heterocycles. The van der Waals surface area contributed by atoms with E-state index in [1.807, 2.05) is 43.3 Å². The fourth-order valence-corrected chi connectivity index (χ4v) is 5.27. The molecule has 0 aliphatic carbocycles. The molecule has 0 unspecified atom stereocenters. The molecule has 4 aromatic heterocycles. The second-order valence-electron chi connectivity index (χ2n) is 10.1. The molecule has 2 aliphatic rings. The van der Waals surface area contributed by atoms with Crippen LogP contribution in [0.1, 0.15) is 24.0 Å². The normalized spacial score (nSPS) is 23.0. The SMILES string of the molecule is Cc1ccc(-c2cc([C@@H]3O[C@H](COc4ccc5ccc(N6CCC6)nc5c4)[C@@H](O)[C@H]3O)n3ncnc(N)c23)o1. The Morgan fingerprint density at radius 3 is 2.69 bits per heavy atom. The number of hydrogen-bond acceptors (Lipinski definition) is 10. The minimum atomic E-state index is -1.21. The molecule has 0 bridgehead atoms. The van der Waals surface area contributed by atoms with E-state index in [1.165, 1.54) is 12.7 Å². The quantitative estimate of drug-likeness (QED) is 0.301. The zero-order valence-electron chi connectivity index (χ0n) is 21.3. The summed E-state index contributed by atoms with van der Waals surface area (Å²) in [6.45, 7) is 3.93. The van der Waals surface area contributed by atoms with Crippen molar-refractivity contribution in [1.29, 1.82) is 0 Å². The molecule has 2 fully saturated rings. The number of rotatable bonds is 6. The number of aliphatic hydroxyl groups is 2. The van der Waals surface area contributed by atoms with Gasteiger partial charge in [-0.25, -0.2) is 14.5 Å². The Bertz CT molecular complexity index is 1680. The summed E-state index contributed by atoms with van der Waals surface area (Å²) >= 11 is 0. The highest BCUT2D eigenvalue weighted by atomic mass is 16.6. The van der Waals surface area contributed by atoms with Crippen molar-refractivity contribution in [3.8, 4) is 17.1 Å². The number of aromatic nitrogens is 4. The number of hydrogen-bond donors (Lipinski definition) is 3. The van der Waals surface area contributed by atoms with E-state index >= 15 is 0 Å². The van der Waals surface area contributed by atoms with Crippen molar-refractivity contribution < 1.29 is 24.1 Å². The first kappa shape index (κ1) is 23.9. The van der Waals surface area contributed by atoms with Gasteiger partial charge in [-0.2, -0.15) is 5.10 Å². The Balaban J connectivity index is 1.13. The van der Waals surface area contributed by atoms with Gasteiger partial charge in [0.15, 0.2) is 5.82 Å². The van der Waals surface area contributed by atoms with Crippen LogP contribution in [0.5, 0.6) is 5.75 Å². The average Bonchev–Trinajstić information content (AvgIpc) is 3.58. The molecule has 6 heterocycles. The standard InChI is InChI=1S/C28H28N6O5/c1-15-3-7-21(38-15)18-12-20(34-24(18)28(29)30-14-31-34)27-26(36)25(35)22(39-27)13-37-17-6-4-16-5-8-23(32-19(16)11-17)33-9-2-10-33/h3-8,11-12,14,22,25-27,35-36H,2,9-10,13H2,1H3,(H2,29,30,31)/t22-,25-,26-,27+/m1/s1. The third kappa shape index (κ3) is 4.06. The Kier molecular flexibility index (Phi) is 5.65. The van der Waals surface area contributed by atoms with Gasteiger partial charge in [-0.15, -0.1) is 0 Å². The number of pyridine rings is 1. The van der Waals surface area contributed by atoms with Gasteiger partial charge in [-0.1, -0.05) is 0 Å². The first-order chi connectivity index (χ1) is 19.0. The molecule has 7 rings (SSSR count). The number of benzene rings is 1. The summed E-state index contributed by atoms with van der Waals surface area (Å²) in [5.41, 5.74) is 8.75. The Labute approximate surface area is 223 Å². The molecule has 0 radical (unpaired) electrons. The van der Waals surface area contributed by atoms with Gasteiger partial charge in [0.25, 0.3) is 0 Å². The highest BCUT2D eigenvalue weighted by molar-refractivity contribution is 5.86. The van der Waals surface area contributed by atoms with Crippen molar-refractivity contribution in [3.05, 3.63) is 66.3 Å². The molecule has 0 spiro atoms. The van der Waals surface area contributed by atoms with Crippen molar-refractivity contribution in [2.45, 2.75) is 37.8 Å². The second-order valence-corrected chi connectivity index (χ2v) is 10.1. The van der Waals surface area contributed by atoms with Crippen LogP contribution in [0.3, 0.4) is 0 Å². The number of aliphatic hydroxyl groups excluding tert-OH is 2. The van der Waals surface area contributed by atoms with Crippen molar-refractivity contribution in [3.63, 3.8) is 0 Å². The summed E-state index contributed by atoms with van der Waals surface area (Å²) < 4.78 is 19.6. The van der Waals surface area contributed by atoms with Crippen LogP contribution in [0.15, 0.2) is 59.3 Å². The smallest absolute Gasteiger partial charge is 0.152 e. The van der Waals surface area contributed by atoms with Gasteiger partial charge in [0.05, 0.1) is 11.2 Å². The highest BCUT2D eigenvalue weighted by Crippen LogP contribution is 2.39. The number of fused-ring (bicyclic) bond motifs is 2. The number of nitrogen functional groups attached to an aromatic ring is 1. The maximum absolute atomic E-state index is 11.0. The van der Waals surface area contributed by atoms with E-state index in [4.69, 9.17) is 24.6 Å². The van der Waals surface area contributed by atoms with E-state index in [2.05, 4.69) is 21.0 Å². The van der Waals surface area contributed by atoms with Gasteiger partial charge >= 0.3 is 0 Å². The van der Waals surface area contributed by atoms with Crippen LogP contribution in [0.2, 0.25) is 0 Å². The third-order valence-electron chi connectivity index (χ3n) is 7.51. The van der Waals surface area contributed by atoms with E-state index in [0.717, 1.165) is 35.6 Å². The lowest BCUT2D eigenvalue weighted by Crippen LogP contribution is -2.37. The van der Waals surface area contributed by atoms with Crippen LogP contribution in [0.25, 0.3) is 27.7 Å². The highest BCUT2D eigenvalue weighted by Gasteiger charge is 2.45. The van der Waals surface area contributed by atoms with E-state index in [9.17, 15) is 10.2 Å². The van der Waals surface area contributed by atoms with Gasteiger partial charge in [-0.05, 0) is 55.8 Å². The van der Waals surface area contributed by atoms with E-state index in [0.29, 0.717) is 28.3 Å². The molecule has 0 saturated carbocycles. The van der Waals surface area contributed by atoms with E-state index in [-0.39, 0.29) is 12.4 Å². The molecule has 4 N–H and O–H groups in total. The minimum Gasteiger partial charge on any atom is -0.491 e. The topological polar surface area (TPSA) is 144 Å². The summed E-state index contributed by atoms with van der Waals surface area (Å²) in [5, 5.41) is 27.2. The molecular weight excluding hydrogens is 500 g/mol. The average molecular weight is 529 g/mol. The molecule has 4 atom stereocenters. The van der Waals surface area contributed by atoms with Crippen LogP contribution in [-0.4, -0.2) is 67.8 Å². The minimum absolute atomic E-state index is 0.0384. The van der Waals surface area contributed by atoms with Crippen molar-refractivity contribution in [2.24, 2.45) is 0 Å². The molecule has 2 saturated heterocycles. The zero-order valence-corrected chi connectivity index (χ0v) is 21.3. The summed E-state index contributed by atoms with van der Waals surface area (Å²) in [5.74, 6) is 3.16. The maximum atomic E-state index is 11.0. The first-order valence-electron chi connectivity index (χ1n) is 13.0. The summed E-state index contributed by atoms with van der Waals surface area (Å²) in [6.07, 6.45) is -1.52. The molecule has 1 aromatic carbocycles. The van der Waals surface area contributed by atoms with Gasteiger partial charge in [-0.3, -0.25) is 0 Å². The van der Waals surface area contributed by atoms with Crippen molar-refractivity contribution in [2.75, 3.05) is 30.3 Å². The molecule has 0 amide bonds. The molecular formula is C28H28N6O5. The molecule has 11 nitrogen and oxygen atoms in total. The number of nitrogens with zero attached hydrogens (tertiary/aromatic N) is 5. The number of aryl methyl sites for hydroxylation is 1. The van der Waals surface area contributed by atoms with Crippen LogP contribution in [-0.2, 0) is 4.74 Å². The maximum Gasteiger partial charge on any atom is 0.152 e. The largest absolute Gasteiger partial charge is 0.491 e. The van der Waals surface area contributed by atoms with Crippen LogP contribution < -0.4 is 15.4 Å². The van der Waals surface area contributed by atoms with E-state index < -0.39 is 24.4 Å².